The minimum absolute atomic E-state index is 0. The maximum Gasteiger partial charge on any atom is 0.191 e. The van der Waals surface area contributed by atoms with E-state index in [1.54, 1.807) is 25.9 Å². The number of benzene rings is 1. The van der Waals surface area contributed by atoms with Crippen LogP contribution in [0.3, 0.4) is 0 Å². The summed E-state index contributed by atoms with van der Waals surface area (Å²) in [4.78, 5) is 4.25. The number of hydrogen-bond acceptors (Lipinski definition) is 3. The van der Waals surface area contributed by atoms with Crippen LogP contribution in [0.15, 0.2) is 29.3 Å². The average Bonchev–Trinajstić information content (AvgIpc) is 2.51. The van der Waals surface area contributed by atoms with E-state index in [2.05, 4.69) is 27.9 Å². The third kappa shape index (κ3) is 8.47. The molecule has 1 aromatic carbocycles. The maximum absolute atomic E-state index is 6.07. The highest BCUT2D eigenvalue weighted by Crippen LogP contribution is 2.27. The normalized spacial score (nSPS) is 13.2. The van der Waals surface area contributed by atoms with E-state index in [4.69, 9.17) is 16.3 Å². The zero-order valence-corrected chi connectivity index (χ0v) is 18.3. The molecule has 0 aliphatic rings. The second kappa shape index (κ2) is 11.4. The molecular formula is C16H27ClIN3OS. The number of guanidine groups is 1. The summed E-state index contributed by atoms with van der Waals surface area (Å²) < 4.78 is 5.40. The van der Waals surface area contributed by atoms with E-state index < -0.39 is 0 Å². The summed E-state index contributed by atoms with van der Waals surface area (Å²) in [7, 11) is 3.48. The number of hydrogen-bond donors (Lipinski definition) is 2. The van der Waals surface area contributed by atoms with Gasteiger partial charge in [0.1, 0.15) is 0 Å². The minimum atomic E-state index is -0.233. The van der Waals surface area contributed by atoms with E-state index in [1.807, 2.05) is 32.0 Å². The van der Waals surface area contributed by atoms with Crippen LogP contribution in [0.2, 0.25) is 5.02 Å². The van der Waals surface area contributed by atoms with Crippen molar-refractivity contribution in [3.8, 4) is 0 Å². The van der Waals surface area contributed by atoms with Crippen LogP contribution in [0.5, 0.6) is 0 Å². The summed E-state index contributed by atoms with van der Waals surface area (Å²) in [6, 6.07) is 7.98. The third-order valence-corrected chi connectivity index (χ3v) is 4.66. The SMILES string of the molecule is CN=C(NCC(SC)c1cccc(Cl)c1)NCC(C)(C)OC.I. The van der Waals surface area contributed by atoms with Gasteiger partial charge in [-0.15, -0.1) is 24.0 Å². The van der Waals surface area contributed by atoms with Gasteiger partial charge in [0.15, 0.2) is 5.96 Å². The standard InChI is InChI=1S/C16H26ClN3OS.HI/c1-16(2,21-4)11-20-15(18-3)19-10-14(22-5)12-7-6-8-13(17)9-12;/h6-9,14H,10-11H2,1-5H3,(H2,18,19,20);1H. The first-order chi connectivity index (χ1) is 10.4. The van der Waals surface area contributed by atoms with Gasteiger partial charge in [0.2, 0.25) is 0 Å². The molecule has 0 saturated carbocycles. The molecule has 0 saturated heterocycles. The van der Waals surface area contributed by atoms with Crippen molar-refractivity contribution in [3.05, 3.63) is 34.9 Å². The molecule has 0 heterocycles. The molecule has 1 atom stereocenters. The summed E-state index contributed by atoms with van der Waals surface area (Å²) >= 11 is 7.86. The van der Waals surface area contributed by atoms with Gasteiger partial charge in [-0.05, 0) is 37.8 Å². The fraction of sp³-hybridized carbons (Fsp3) is 0.562. The Balaban J connectivity index is 0.00000484. The lowest BCUT2D eigenvalue weighted by molar-refractivity contribution is 0.0268. The monoisotopic (exact) mass is 471 g/mol. The van der Waals surface area contributed by atoms with E-state index in [-0.39, 0.29) is 29.6 Å². The second-order valence-electron chi connectivity index (χ2n) is 5.55. The molecule has 132 valence electrons. The number of thioether (sulfide) groups is 1. The van der Waals surface area contributed by atoms with Crippen LogP contribution in [-0.4, -0.2) is 45.1 Å². The minimum Gasteiger partial charge on any atom is -0.377 e. The molecule has 2 N–H and O–H groups in total. The van der Waals surface area contributed by atoms with E-state index in [1.165, 1.54) is 5.56 Å². The van der Waals surface area contributed by atoms with E-state index in [9.17, 15) is 0 Å². The quantitative estimate of drug-likeness (QED) is 0.359. The Labute approximate surface area is 166 Å². The maximum atomic E-state index is 6.07. The van der Waals surface area contributed by atoms with Gasteiger partial charge in [-0.25, -0.2) is 0 Å². The van der Waals surface area contributed by atoms with Crippen LogP contribution in [-0.2, 0) is 4.74 Å². The number of nitrogens with zero attached hydrogens (tertiary/aromatic N) is 1. The fourth-order valence-electron chi connectivity index (χ4n) is 1.82. The van der Waals surface area contributed by atoms with Crippen molar-refractivity contribution in [2.24, 2.45) is 4.99 Å². The van der Waals surface area contributed by atoms with Crippen molar-refractivity contribution in [2.45, 2.75) is 24.7 Å². The molecule has 1 aromatic rings. The number of halogens is 2. The largest absolute Gasteiger partial charge is 0.377 e. The van der Waals surface area contributed by atoms with Gasteiger partial charge in [-0.3, -0.25) is 4.99 Å². The Bertz CT molecular complexity index is 500. The highest BCUT2D eigenvalue weighted by molar-refractivity contribution is 14.0. The molecule has 23 heavy (non-hydrogen) atoms. The summed E-state index contributed by atoms with van der Waals surface area (Å²) in [5.74, 6) is 0.770. The average molecular weight is 472 g/mol. The zero-order valence-electron chi connectivity index (χ0n) is 14.4. The molecule has 0 spiro atoms. The predicted octanol–water partition coefficient (Wildman–Crippen LogP) is 3.95. The zero-order chi connectivity index (χ0) is 16.6. The Morgan fingerprint density at radius 2 is 2.09 bits per heavy atom. The van der Waals surface area contributed by atoms with Crippen molar-refractivity contribution in [2.75, 3.05) is 33.5 Å². The van der Waals surface area contributed by atoms with Gasteiger partial charge in [-0.2, -0.15) is 11.8 Å². The Morgan fingerprint density at radius 3 is 2.61 bits per heavy atom. The van der Waals surface area contributed by atoms with Gasteiger partial charge in [-0.1, -0.05) is 23.7 Å². The lowest BCUT2D eigenvalue weighted by Crippen LogP contribution is -2.46. The summed E-state index contributed by atoms with van der Waals surface area (Å²) in [5.41, 5.74) is 0.976. The molecule has 0 amide bonds. The third-order valence-electron chi connectivity index (χ3n) is 3.42. The van der Waals surface area contributed by atoms with Crippen LogP contribution in [0.4, 0.5) is 0 Å². The van der Waals surface area contributed by atoms with Crippen LogP contribution < -0.4 is 10.6 Å². The molecular weight excluding hydrogens is 445 g/mol. The molecule has 0 aliphatic carbocycles. The fourth-order valence-corrected chi connectivity index (χ4v) is 2.69. The summed E-state index contributed by atoms with van der Waals surface area (Å²) in [5, 5.41) is 7.71. The molecule has 0 bridgehead atoms. The number of nitrogens with one attached hydrogen (secondary N) is 2. The van der Waals surface area contributed by atoms with E-state index >= 15 is 0 Å². The summed E-state index contributed by atoms with van der Waals surface area (Å²) in [6.07, 6.45) is 2.09. The van der Waals surface area contributed by atoms with Crippen molar-refractivity contribution in [3.63, 3.8) is 0 Å². The van der Waals surface area contributed by atoms with Crippen molar-refractivity contribution >= 4 is 53.3 Å². The molecule has 1 rings (SSSR count). The molecule has 7 heteroatoms. The molecule has 0 aliphatic heterocycles. The summed E-state index contributed by atoms with van der Waals surface area (Å²) in [6.45, 7) is 5.52. The highest BCUT2D eigenvalue weighted by Gasteiger charge is 2.17. The number of ether oxygens (including phenoxy) is 1. The van der Waals surface area contributed by atoms with Crippen LogP contribution in [0, 0.1) is 0 Å². The van der Waals surface area contributed by atoms with E-state index in [0.29, 0.717) is 11.8 Å². The van der Waals surface area contributed by atoms with Gasteiger partial charge < -0.3 is 15.4 Å². The first-order valence-corrected chi connectivity index (χ1v) is 8.86. The lowest BCUT2D eigenvalue weighted by atomic mass is 10.1. The Hall–Kier alpha value is -0.180. The molecule has 4 nitrogen and oxygen atoms in total. The molecule has 1 unspecified atom stereocenters. The number of aliphatic imine (C=N–C) groups is 1. The first kappa shape index (κ1) is 22.8. The second-order valence-corrected chi connectivity index (χ2v) is 7.03. The van der Waals surface area contributed by atoms with E-state index in [0.717, 1.165) is 17.5 Å². The Morgan fingerprint density at radius 1 is 1.39 bits per heavy atom. The van der Waals surface area contributed by atoms with Gasteiger partial charge in [0, 0.05) is 37.5 Å². The van der Waals surface area contributed by atoms with Gasteiger partial charge in [0.05, 0.1) is 5.60 Å². The smallest absolute Gasteiger partial charge is 0.191 e. The lowest BCUT2D eigenvalue weighted by Gasteiger charge is -2.25. The molecule has 0 fully saturated rings. The van der Waals surface area contributed by atoms with Crippen LogP contribution >= 0.6 is 47.3 Å². The van der Waals surface area contributed by atoms with Crippen LogP contribution in [0.25, 0.3) is 0 Å². The first-order valence-electron chi connectivity index (χ1n) is 7.20. The Kier molecular flexibility index (Phi) is 11.3. The number of methoxy groups -OCH3 is 1. The van der Waals surface area contributed by atoms with Crippen LogP contribution in [0.1, 0.15) is 24.7 Å². The van der Waals surface area contributed by atoms with Crippen molar-refractivity contribution in [1.29, 1.82) is 0 Å². The van der Waals surface area contributed by atoms with Crippen molar-refractivity contribution in [1.82, 2.24) is 10.6 Å². The molecule has 0 radical (unpaired) electrons. The van der Waals surface area contributed by atoms with Gasteiger partial charge >= 0.3 is 0 Å². The number of rotatable bonds is 7. The highest BCUT2D eigenvalue weighted by atomic mass is 127. The topological polar surface area (TPSA) is 45.7 Å². The van der Waals surface area contributed by atoms with Crippen molar-refractivity contribution < 1.29 is 4.74 Å². The predicted molar refractivity (Wildman–Crippen MR) is 114 cm³/mol. The molecule has 0 aromatic heterocycles. The van der Waals surface area contributed by atoms with Gasteiger partial charge in [0.25, 0.3) is 0 Å².